The van der Waals surface area contributed by atoms with E-state index in [1.54, 1.807) is 12.1 Å². The molecule has 0 aliphatic rings. The molecule has 1 rings (SSSR count). The number of carbonyl (C=O) groups excluding carboxylic acids is 2. The Bertz CT molecular complexity index is 554. The molecular formula is C16H20FNO4. The molecule has 22 heavy (non-hydrogen) atoms. The van der Waals surface area contributed by atoms with Gasteiger partial charge in [-0.2, -0.15) is 0 Å². The van der Waals surface area contributed by atoms with Crippen molar-refractivity contribution in [3.8, 4) is 0 Å². The van der Waals surface area contributed by atoms with Crippen LogP contribution in [0.3, 0.4) is 0 Å². The van der Waals surface area contributed by atoms with Gasteiger partial charge in [-0.1, -0.05) is 36.8 Å². The highest BCUT2D eigenvalue weighted by molar-refractivity contribution is 5.88. The number of halogens is 1. The Morgan fingerprint density at radius 1 is 1.36 bits per heavy atom. The van der Waals surface area contributed by atoms with Gasteiger partial charge >= 0.3 is 5.97 Å². The number of hydrogen-bond donors (Lipinski definition) is 2. The third-order valence-corrected chi connectivity index (χ3v) is 3.65. The SMILES string of the molecule is Cc1ccc(CC(NC(=O)C(C)C(C)(F)C=O)C(=O)O)cc1. The Hall–Kier alpha value is -2.24. The molecule has 3 atom stereocenters. The van der Waals surface area contributed by atoms with Crippen LogP contribution in [0.5, 0.6) is 0 Å². The van der Waals surface area contributed by atoms with E-state index in [0.29, 0.717) is 0 Å². The third-order valence-electron chi connectivity index (χ3n) is 3.65. The average Bonchev–Trinajstić information content (AvgIpc) is 2.47. The van der Waals surface area contributed by atoms with Crippen molar-refractivity contribution in [2.45, 2.75) is 38.9 Å². The summed E-state index contributed by atoms with van der Waals surface area (Å²) in [5, 5.41) is 11.5. The second kappa shape index (κ2) is 7.15. The summed E-state index contributed by atoms with van der Waals surface area (Å²) < 4.78 is 13.8. The Morgan fingerprint density at radius 3 is 2.36 bits per heavy atom. The fourth-order valence-corrected chi connectivity index (χ4v) is 1.82. The van der Waals surface area contributed by atoms with Crippen LogP contribution < -0.4 is 5.32 Å². The zero-order valence-electron chi connectivity index (χ0n) is 12.8. The molecule has 0 fully saturated rings. The van der Waals surface area contributed by atoms with E-state index in [-0.39, 0.29) is 12.7 Å². The van der Waals surface area contributed by atoms with Crippen LogP contribution >= 0.6 is 0 Å². The fourth-order valence-electron chi connectivity index (χ4n) is 1.82. The summed E-state index contributed by atoms with van der Waals surface area (Å²) >= 11 is 0. The molecule has 3 unspecified atom stereocenters. The van der Waals surface area contributed by atoms with Gasteiger partial charge in [0.2, 0.25) is 5.91 Å². The fraction of sp³-hybridized carbons (Fsp3) is 0.438. The number of amides is 1. The van der Waals surface area contributed by atoms with Gasteiger partial charge in [-0.05, 0) is 19.4 Å². The Morgan fingerprint density at radius 2 is 1.91 bits per heavy atom. The molecule has 6 heteroatoms. The summed E-state index contributed by atoms with van der Waals surface area (Å²) in [6.07, 6.45) is 0.130. The summed E-state index contributed by atoms with van der Waals surface area (Å²) in [6, 6.07) is 6.03. The quantitative estimate of drug-likeness (QED) is 0.751. The molecule has 0 aliphatic carbocycles. The lowest BCUT2D eigenvalue weighted by molar-refractivity contribution is -0.143. The molecule has 0 spiro atoms. The lowest BCUT2D eigenvalue weighted by atomic mass is 9.92. The van der Waals surface area contributed by atoms with Crippen molar-refractivity contribution >= 4 is 18.2 Å². The first-order chi connectivity index (χ1) is 10.2. The van der Waals surface area contributed by atoms with Crippen molar-refractivity contribution < 1.29 is 23.9 Å². The van der Waals surface area contributed by atoms with Crippen molar-refractivity contribution in [2.24, 2.45) is 5.92 Å². The molecule has 0 radical (unpaired) electrons. The lowest BCUT2D eigenvalue weighted by Gasteiger charge is -2.23. The smallest absolute Gasteiger partial charge is 0.326 e. The summed E-state index contributed by atoms with van der Waals surface area (Å²) in [6.45, 7) is 4.14. The number of alkyl halides is 1. The van der Waals surface area contributed by atoms with Crippen LogP contribution in [0, 0.1) is 12.8 Å². The van der Waals surface area contributed by atoms with Gasteiger partial charge in [0.15, 0.2) is 12.0 Å². The number of carboxylic acids is 1. The molecule has 1 aromatic rings. The van der Waals surface area contributed by atoms with Crippen molar-refractivity contribution in [2.75, 3.05) is 0 Å². The van der Waals surface area contributed by atoms with E-state index >= 15 is 0 Å². The summed E-state index contributed by atoms with van der Waals surface area (Å²) in [4.78, 5) is 33.8. The highest BCUT2D eigenvalue weighted by Gasteiger charge is 2.37. The van der Waals surface area contributed by atoms with Gasteiger partial charge in [-0.15, -0.1) is 0 Å². The highest BCUT2D eigenvalue weighted by Crippen LogP contribution is 2.19. The molecule has 0 aliphatic heterocycles. The Balaban J connectivity index is 2.80. The van der Waals surface area contributed by atoms with Crippen LogP contribution in [0.1, 0.15) is 25.0 Å². The van der Waals surface area contributed by atoms with Gasteiger partial charge in [-0.3, -0.25) is 9.59 Å². The van der Waals surface area contributed by atoms with E-state index in [1.165, 1.54) is 6.92 Å². The van der Waals surface area contributed by atoms with Crippen LogP contribution in [0.15, 0.2) is 24.3 Å². The molecule has 2 N–H and O–H groups in total. The van der Waals surface area contributed by atoms with E-state index < -0.39 is 29.5 Å². The molecule has 120 valence electrons. The number of hydrogen-bond acceptors (Lipinski definition) is 3. The van der Waals surface area contributed by atoms with E-state index in [0.717, 1.165) is 18.1 Å². The molecule has 1 aromatic carbocycles. The minimum Gasteiger partial charge on any atom is -0.480 e. The van der Waals surface area contributed by atoms with Gasteiger partial charge in [0, 0.05) is 6.42 Å². The Kier molecular flexibility index (Phi) is 5.79. The average molecular weight is 309 g/mol. The maximum atomic E-state index is 13.8. The van der Waals surface area contributed by atoms with E-state index in [9.17, 15) is 23.9 Å². The molecule has 0 bridgehead atoms. The third kappa shape index (κ3) is 4.65. The zero-order valence-corrected chi connectivity index (χ0v) is 12.8. The minimum atomic E-state index is -2.34. The van der Waals surface area contributed by atoms with Crippen LogP contribution in [0.4, 0.5) is 4.39 Å². The number of carboxylic acid groups (broad SMARTS) is 1. The topological polar surface area (TPSA) is 83.5 Å². The number of aryl methyl sites for hydroxylation is 1. The van der Waals surface area contributed by atoms with Crippen LogP contribution in [-0.4, -0.2) is 35.0 Å². The molecule has 0 saturated heterocycles. The highest BCUT2D eigenvalue weighted by atomic mass is 19.1. The monoisotopic (exact) mass is 309 g/mol. The number of carbonyl (C=O) groups is 3. The predicted molar refractivity (Wildman–Crippen MR) is 79.2 cm³/mol. The standard InChI is InChI=1S/C16H20FNO4/c1-10-4-6-12(7-5-10)8-13(15(21)22)18-14(20)11(2)16(3,17)9-19/h4-7,9,11,13H,8H2,1-3H3,(H,18,20)(H,21,22). The van der Waals surface area contributed by atoms with Gasteiger partial charge < -0.3 is 10.4 Å². The maximum Gasteiger partial charge on any atom is 0.326 e. The van der Waals surface area contributed by atoms with Crippen molar-refractivity contribution in [3.05, 3.63) is 35.4 Å². The van der Waals surface area contributed by atoms with Crippen LogP contribution in [0.25, 0.3) is 0 Å². The van der Waals surface area contributed by atoms with Crippen molar-refractivity contribution in [1.82, 2.24) is 5.32 Å². The van der Waals surface area contributed by atoms with Gasteiger partial charge in [0.1, 0.15) is 6.04 Å². The molecule has 0 saturated carbocycles. The van der Waals surface area contributed by atoms with E-state index in [2.05, 4.69) is 5.32 Å². The van der Waals surface area contributed by atoms with Crippen molar-refractivity contribution in [1.29, 1.82) is 0 Å². The second-order valence-corrected chi connectivity index (χ2v) is 5.58. The molecule has 0 heterocycles. The van der Waals surface area contributed by atoms with Crippen LogP contribution in [-0.2, 0) is 20.8 Å². The predicted octanol–water partition coefficient (Wildman–Crippen LogP) is 1.67. The largest absolute Gasteiger partial charge is 0.480 e. The lowest BCUT2D eigenvalue weighted by Crippen LogP contribution is -2.49. The van der Waals surface area contributed by atoms with E-state index in [4.69, 9.17) is 0 Å². The Labute approximate surface area is 128 Å². The minimum absolute atomic E-state index is 0.0486. The number of aldehydes is 1. The summed E-state index contributed by atoms with van der Waals surface area (Å²) in [5.41, 5.74) is -0.561. The number of rotatable bonds is 7. The molecular weight excluding hydrogens is 289 g/mol. The number of aliphatic carboxylic acids is 1. The van der Waals surface area contributed by atoms with Crippen LogP contribution in [0.2, 0.25) is 0 Å². The van der Waals surface area contributed by atoms with Crippen molar-refractivity contribution in [3.63, 3.8) is 0 Å². The maximum absolute atomic E-state index is 13.8. The molecule has 5 nitrogen and oxygen atoms in total. The first kappa shape index (κ1) is 17.8. The normalized spacial score (nSPS) is 16.2. The van der Waals surface area contributed by atoms with Gasteiger partial charge in [0.25, 0.3) is 0 Å². The van der Waals surface area contributed by atoms with Gasteiger partial charge in [-0.25, -0.2) is 9.18 Å². The number of nitrogens with one attached hydrogen (secondary N) is 1. The first-order valence-electron chi connectivity index (χ1n) is 6.91. The van der Waals surface area contributed by atoms with E-state index in [1.807, 2.05) is 19.1 Å². The zero-order chi connectivity index (χ0) is 16.9. The summed E-state index contributed by atoms with van der Waals surface area (Å²) in [7, 11) is 0. The number of benzene rings is 1. The second-order valence-electron chi connectivity index (χ2n) is 5.58. The molecule has 1 amide bonds. The molecule has 0 aromatic heterocycles. The summed E-state index contributed by atoms with van der Waals surface area (Å²) in [5.74, 6) is -3.30. The van der Waals surface area contributed by atoms with Gasteiger partial charge in [0.05, 0.1) is 5.92 Å². The first-order valence-corrected chi connectivity index (χ1v) is 6.91.